The normalized spacial score (nSPS) is 19.0. The molecule has 1 aromatic rings. The van der Waals surface area contributed by atoms with Crippen LogP contribution in [-0.2, 0) is 11.3 Å². The summed E-state index contributed by atoms with van der Waals surface area (Å²) >= 11 is 0. The molecule has 0 radical (unpaired) electrons. The molecule has 3 N–H and O–H groups in total. The molecule has 0 spiro atoms. The highest BCUT2D eigenvalue weighted by molar-refractivity contribution is 5.94. The van der Waals surface area contributed by atoms with Crippen molar-refractivity contribution in [2.75, 3.05) is 6.54 Å². The molecule has 0 saturated carbocycles. The van der Waals surface area contributed by atoms with Gasteiger partial charge < -0.3 is 16.0 Å². The zero-order valence-corrected chi connectivity index (χ0v) is 14.0. The van der Waals surface area contributed by atoms with Crippen LogP contribution in [0.3, 0.4) is 0 Å². The average Bonchev–Trinajstić information content (AvgIpc) is 2.60. The second-order valence-electron chi connectivity index (χ2n) is 6.20. The zero-order chi connectivity index (χ0) is 16.7. The van der Waals surface area contributed by atoms with Gasteiger partial charge in [0.2, 0.25) is 5.91 Å². The van der Waals surface area contributed by atoms with Crippen LogP contribution in [0.5, 0.6) is 0 Å². The third-order valence-electron chi connectivity index (χ3n) is 4.27. The van der Waals surface area contributed by atoms with E-state index in [2.05, 4.69) is 16.0 Å². The predicted octanol–water partition coefficient (Wildman–Crippen LogP) is 1.97. The van der Waals surface area contributed by atoms with E-state index >= 15 is 0 Å². The molecule has 0 bridgehead atoms. The smallest absolute Gasteiger partial charge is 0.251 e. The molecule has 1 fully saturated rings. The lowest BCUT2D eigenvalue weighted by atomic mass is 10.0. The second-order valence-corrected chi connectivity index (χ2v) is 6.20. The molecule has 1 saturated heterocycles. The maximum atomic E-state index is 12.1. The summed E-state index contributed by atoms with van der Waals surface area (Å²) in [4.78, 5) is 24.3. The molecule has 2 rings (SSSR count). The third kappa shape index (κ3) is 5.36. The number of nitrogens with one attached hydrogen (secondary N) is 3. The van der Waals surface area contributed by atoms with Gasteiger partial charge >= 0.3 is 0 Å². The first-order valence-corrected chi connectivity index (χ1v) is 8.51. The van der Waals surface area contributed by atoms with Crippen molar-refractivity contribution in [3.63, 3.8) is 0 Å². The Kier molecular flexibility index (Phi) is 6.59. The van der Waals surface area contributed by atoms with Crippen molar-refractivity contribution in [2.45, 2.75) is 58.2 Å². The van der Waals surface area contributed by atoms with Gasteiger partial charge in [0, 0.05) is 18.2 Å². The van der Waals surface area contributed by atoms with Gasteiger partial charge in [0.15, 0.2) is 0 Å². The van der Waals surface area contributed by atoms with Gasteiger partial charge in [-0.2, -0.15) is 0 Å². The molecule has 1 aromatic carbocycles. The highest BCUT2D eigenvalue weighted by Crippen LogP contribution is 2.09. The first-order chi connectivity index (χ1) is 11.1. The van der Waals surface area contributed by atoms with Crippen molar-refractivity contribution in [3.05, 3.63) is 35.4 Å². The van der Waals surface area contributed by atoms with E-state index in [1.165, 1.54) is 0 Å². The summed E-state index contributed by atoms with van der Waals surface area (Å²) in [5.74, 6) is -0.0272. The SMILES string of the molecule is CCC(C)NC(=O)c1cccc(CNC(=O)C2CCCCN2)c1. The Bertz CT molecular complexity index is 539. The maximum absolute atomic E-state index is 12.1. The van der Waals surface area contributed by atoms with Crippen molar-refractivity contribution >= 4 is 11.8 Å². The molecule has 5 nitrogen and oxygen atoms in total. The van der Waals surface area contributed by atoms with Crippen LogP contribution in [-0.4, -0.2) is 30.4 Å². The molecule has 1 heterocycles. The summed E-state index contributed by atoms with van der Waals surface area (Å²) in [6, 6.07) is 7.49. The van der Waals surface area contributed by atoms with Gasteiger partial charge in [-0.3, -0.25) is 9.59 Å². The van der Waals surface area contributed by atoms with Gasteiger partial charge in [-0.25, -0.2) is 0 Å². The van der Waals surface area contributed by atoms with Crippen molar-refractivity contribution in [3.8, 4) is 0 Å². The summed E-state index contributed by atoms with van der Waals surface area (Å²) in [7, 11) is 0. The number of hydrogen-bond donors (Lipinski definition) is 3. The molecule has 2 atom stereocenters. The number of hydrogen-bond acceptors (Lipinski definition) is 3. The molecule has 23 heavy (non-hydrogen) atoms. The predicted molar refractivity (Wildman–Crippen MR) is 91.1 cm³/mol. The molecule has 2 amide bonds. The fourth-order valence-electron chi connectivity index (χ4n) is 2.62. The summed E-state index contributed by atoms with van der Waals surface area (Å²) in [5, 5.41) is 9.14. The first kappa shape index (κ1) is 17.5. The molecule has 126 valence electrons. The van der Waals surface area contributed by atoms with Crippen LogP contribution in [0.4, 0.5) is 0 Å². The fourth-order valence-corrected chi connectivity index (χ4v) is 2.62. The Morgan fingerprint density at radius 2 is 2.17 bits per heavy atom. The van der Waals surface area contributed by atoms with Crippen molar-refractivity contribution < 1.29 is 9.59 Å². The highest BCUT2D eigenvalue weighted by Gasteiger charge is 2.20. The Morgan fingerprint density at radius 1 is 1.35 bits per heavy atom. The van der Waals surface area contributed by atoms with Gasteiger partial charge in [0.25, 0.3) is 5.91 Å². The Morgan fingerprint density at radius 3 is 2.87 bits per heavy atom. The van der Waals surface area contributed by atoms with Crippen LogP contribution in [0.15, 0.2) is 24.3 Å². The van der Waals surface area contributed by atoms with E-state index < -0.39 is 0 Å². The van der Waals surface area contributed by atoms with E-state index in [0.29, 0.717) is 12.1 Å². The fraction of sp³-hybridized carbons (Fsp3) is 0.556. The summed E-state index contributed by atoms with van der Waals surface area (Å²) in [6.07, 6.45) is 4.02. The highest BCUT2D eigenvalue weighted by atomic mass is 16.2. The zero-order valence-electron chi connectivity index (χ0n) is 14.0. The van der Waals surface area contributed by atoms with Crippen LogP contribution in [0.2, 0.25) is 0 Å². The van der Waals surface area contributed by atoms with Gasteiger partial charge in [-0.1, -0.05) is 25.5 Å². The van der Waals surface area contributed by atoms with Crippen molar-refractivity contribution in [2.24, 2.45) is 0 Å². The van der Waals surface area contributed by atoms with Crippen LogP contribution in [0.1, 0.15) is 55.5 Å². The maximum Gasteiger partial charge on any atom is 0.251 e. The molecule has 2 unspecified atom stereocenters. The average molecular weight is 317 g/mol. The first-order valence-electron chi connectivity index (χ1n) is 8.51. The van der Waals surface area contributed by atoms with Crippen LogP contribution >= 0.6 is 0 Å². The number of amides is 2. The molecule has 0 aromatic heterocycles. The lowest BCUT2D eigenvalue weighted by molar-refractivity contribution is -0.123. The molecule has 5 heteroatoms. The largest absolute Gasteiger partial charge is 0.351 e. The number of rotatable bonds is 6. The summed E-state index contributed by atoms with van der Waals surface area (Å²) in [6.45, 7) is 5.38. The Hall–Kier alpha value is -1.88. The standard InChI is InChI=1S/C18H27N3O2/c1-3-13(2)21-17(22)15-8-6-7-14(11-15)12-20-18(23)16-9-4-5-10-19-16/h6-8,11,13,16,19H,3-5,9-10,12H2,1-2H3,(H,20,23)(H,21,22). The number of carbonyl (C=O) groups excluding carboxylic acids is 2. The van der Waals surface area contributed by atoms with E-state index in [4.69, 9.17) is 0 Å². The van der Waals surface area contributed by atoms with E-state index in [1.54, 1.807) is 6.07 Å². The lowest BCUT2D eigenvalue weighted by Gasteiger charge is -2.22. The topological polar surface area (TPSA) is 70.2 Å². The van der Waals surface area contributed by atoms with Gasteiger partial charge in [-0.05, 0) is 50.4 Å². The van der Waals surface area contributed by atoms with Gasteiger partial charge in [-0.15, -0.1) is 0 Å². The molecule has 1 aliphatic rings. The summed E-state index contributed by atoms with van der Waals surface area (Å²) < 4.78 is 0. The van der Waals surface area contributed by atoms with E-state index in [-0.39, 0.29) is 23.9 Å². The number of carbonyl (C=O) groups is 2. The number of piperidine rings is 1. The Labute approximate surface area is 138 Å². The van der Waals surface area contributed by atoms with Crippen LogP contribution in [0, 0.1) is 0 Å². The summed E-state index contributed by atoms with van der Waals surface area (Å²) in [5.41, 5.74) is 1.57. The van der Waals surface area contributed by atoms with E-state index in [1.807, 2.05) is 32.0 Å². The van der Waals surface area contributed by atoms with Crippen molar-refractivity contribution in [1.82, 2.24) is 16.0 Å². The second kappa shape index (κ2) is 8.67. The minimum absolute atomic E-state index is 0.0409. The number of benzene rings is 1. The quantitative estimate of drug-likeness (QED) is 0.751. The minimum atomic E-state index is -0.0827. The Balaban J connectivity index is 1.89. The van der Waals surface area contributed by atoms with E-state index in [0.717, 1.165) is 37.8 Å². The molecular formula is C18H27N3O2. The minimum Gasteiger partial charge on any atom is -0.351 e. The molecular weight excluding hydrogens is 290 g/mol. The third-order valence-corrected chi connectivity index (χ3v) is 4.27. The van der Waals surface area contributed by atoms with Gasteiger partial charge in [0.1, 0.15) is 0 Å². The van der Waals surface area contributed by atoms with Gasteiger partial charge in [0.05, 0.1) is 6.04 Å². The lowest BCUT2D eigenvalue weighted by Crippen LogP contribution is -2.46. The molecule has 0 aliphatic carbocycles. The van der Waals surface area contributed by atoms with Crippen LogP contribution in [0.25, 0.3) is 0 Å². The van der Waals surface area contributed by atoms with Crippen molar-refractivity contribution in [1.29, 1.82) is 0 Å². The molecule has 1 aliphatic heterocycles. The monoisotopic (exact) mass is 317 g/mol. The van der Waals surface area contributed by atoms with Crippen LogP contribution < -0.4 is 16.0 Å². The van der Waals surface area contributed by atoms with E-state index in [9.17, 15) is 9.59 Å².